The van der Waals surface area contributed by atoms with Crippen molar-refractivity contribution in [3.63, 3.8) is 0 Å². The smallest absolute Gasteiger partial charge is 0.292 e. The quantitative estimate of drug-likeness (QED) is 0.788. The van der Waals surface area contributed by atoms with Crippen LogP contribution in [0.4, 0.5) is 22.0 Å². The number of hydrogen-bond donors (Lipinski definition) is 0. The van der Waals surface area contributed by atoms with Crippen molar-refractivity contribution in [2.75, 3.05) is 0 Å². The van der Waals surface area contributed by atoms with Gasteiger partial charge in [0.15, 0.2) is 0 Å². The molecule has 1 aromatic heterocycles. The van der Waals surface area contributed by atoms with Crippen LogP contribution in [-0.2, 0) is 11.2 Å². The van der Waals surface area contributed by atoms with E-state index in [-0.39, 0.29) is 11.9 Å². The molecule has 0 radical (unpaired) electrons. The van der Waals surface area contributed by atoms with Crippen LogP contribution >= 0.6 is 0 Å². The number of rotatable bonds is 4. The molecule has 0 saturated heterocycles. The molecule has 0 aliphatic rings. The van der Waals surface area contributed by atoms with Crippen LogP contribution in [0.2, 0.25) is 0 Å². The van der Waals surface area contributed by atoms with Crippen molar-refractivity contribution in [3.05, 3.63) is 12.2 Å². The van der Waals surface area contributed by atoms with Crippen LogP contribution in [0.15, 0.2) is 6.33 Å². The maximum Gasteiger partial charge on any atom is 0.461 e. The third-order valence-electron chi connectivity index (χ3n) is 2.16. The van der Waals surface area contributed by atoms with Gasteiger partial charge in [-0.2, -0.15) is 27.1 Å². The Kier molecular flexibility index (Phi) is 3.72. The van der Waals surface area contributed by atoms with Crippen molar-refractivity contribution in [1.29, 1.82) is 0 Å². The van der Waals surface area contributed by atoms with E-state index in [2.05, 4.69) is 10.1 Å². The summed E-state index contributed by atoms with van der Waals surface area (Å²) in [6, 6.07) is -0.296. The minimum atomic E-state index is -5.90. The van der Waals surface area contributed by atoms with E-state index >= 15 is 0 Å². The van der Waals surface area contributed by atoms with Crippen LogP contribution in [-0.4, -0.2) is 32.6 Å². The fourth-order valence-corrected chi connectivity index (χ4v) is 1.24. The van der Waals surface area contributed by atoms with Gasteiger partial charge < -0.3 is 0 Å². The van der Waals surface area contributed by atoms with Crippen molar-refractivity contribution >= 4 is 5.78 Å². The molecule has 9 heteroatoms. The third-order valence-corrected chi connectivity index (χ3v) is 2.16. The average Bonchev–Trinajstić information content (AvgIpc) is 2.63. The number of hydrogen-bond acceptors (Lipinski definition) is 3. The Hall–Kier alpha value is -1.54. The Labute approximate surface area is 98.8 Å². The van der Waals surface area contributed by atoms with Crippen molar-refractivity contribution in [2.24, 2.45) is 0 Å². The summed E-state index contributed by atoms with van der Waals surface area (Å²) in [5, 5.41) is 3.64. The van der Waals surface area contributed by atoms with Crippen molar-refractivity contribution in [1.82, 2.24) is 14.8 Å². The lowest BCUT2D eigenvalue weighted by Gasteiger charge is -2.18. The zero-order valence-corrected chi connectivity index (χ0v) is 9.50. The van der Waals surface area contributed by atoms with Crippen molar-refractivity contribution < 1.29 is 26.7 Å². The minimum absolute atomic E-state index is 0.223. The second-order valence-electron chi connectivity index (χ2n) is 3.89. The van der Waals surface area contributed by atoms with Gasteiger partial charge in [0, 0.05) is 6.04 Å². The molecule has 0 spiro atoms. The fraction of sp³-hybridized carbons (Fsp3) is 0.667. The lowest BCUT2D eigenvalue weighted by atomic mass is 10.1. The number of halogens is 5. The Morgan fingerprint density at radius 3 is 2.33 bits per heavy atom. The van der Waals surface area contributed by atoms with E-state index in [1.54, 1.807) is 13.8 Å². The zero-order valence-electron chi connectivity index (χ0n) is 9.50. The second kappa shape index (κ2) is 4.62. The fourth-order valence-electron chi connectivity index (χ4n) is 1.24. The molecule has 102 valence electrons. The molecular formula is C9H10F5N3O. The monoisotopic (exact) mass is 271 g/mol. The van der Waals surface area contributed by atoms with E-state index in [4.69, 9.17) is 0 Å². The van der Waals surface area contributed by atoms with Crippen LogP contribution in [0.3, 0.4) is 0 Å². The summed E-state index contributed by atoms with van der Waals surface area (Å²) in [4.78, 5) is 14.5. The standard InChI is InChI=1S/C9H10F5N3O/c1-5(2)17-7(15-4-16-17)3-6(18)8(10,11)9(12,13)14/h4-5H,3H2,1-2H3. The van der Waals surface area contributed by atoms with E-state index in [1.165, 1.54) is 0 Å². The molecular weight excluding hydrogens is 261 g/mol. The van der Waals surface area contributed by atoms with Crippen LogP contribution in [0.5, 0.6) is 0 Å². The molecule has 0 unspecified atom stereocenters. The molecule has 0 aromatic carbocycles. The minimum Gasteiger partial charge on any atom is -0.292 e. The number of Topliss-reactive ketones (excluding diaryl/α,β-unsaturated/α-hetero) is 1. The lowest BCUT2D eigenvalue weighted by Crippen LogP contribution is -2.45. The van der Waals surface area contributed by atoms with Gasteiger partial charge in [-0.1, -0.05) is 0 Å². The number of ketones is 1. The molecule has 18 heavy (non-hydrogen) atoms. The van der Waals surface area contributed by atoms with E-state index in [0.717, 1.165) is 11.0 Å². The molecule has 4 nitrogen and oxygen atoms in total. The van der Waals surface area contributed by atoms with Gasteiger partial charge in [-0.05, 0) is 13.8 Å². The van der Waals surface area contributed by atoms with Crippen LogP contribution in [0.1, 0.15) is 25.7 Å². The molecule has 1 rings (SSSR count). The Morgan fingerprint density at radius 1 is 1.33 bits per heavy atom. The molecule has 0 fully saturated rings. The highest BCUT2D eigenvalue weighted by Gasteiger charge is 2.62. The van der Waals surface area contributed by atoms with Gasteiger partial charge in [0.2, 0.25) is 5.78 Å². The predicted molar refractivity (Wildman–Crippen MR) is 50.1 cm³/mol. The molecule has 0 atom stereocenters. The summed E-state index contributed by atoms with van der Waals surface area (Å²) >= 11 is 0. The topological polar surface area (TPSA) is 47.8 Å². The third kappa shape index (κ3) is 2.65. The largest absolute Gasteiger partial charge is 0.461 e. The SMILES string of the molecule is CC(C)n1ncnc1CC(=O)C(F)(F)C(F)(F)F. The molecule has 0 aliphatic carbocycles. The Balaban J connectivity index is 2.92. The highest BCUT2D eigenvalue weighted by Crippen LogP contribution is 2.36. The van der Waals surface area contributed by atoms with Crippen molar-refractivity contribution in [3.8, 4) is 0 Å². The van der Waals surface area contributed by atoms with Gasteiger partial charge in [-0.15, -0.1) is 0 Å². The highest BCUT2D eigenvalue weighted by atomic mass is 19.4. The first-order valence-corrected chi connectivity index (χ1v) is 4.93. The van der Waals surface area contributed by atoms with Gasteiger partial charge in [0.25, 0.3) is 0 Å². The normalized spacial score (nSPS) is 13.1. The predicted octanol–water partition coefficient (Wildman–Crippen LogP) is 2.17. The highest BCUT2D eigenvalue weighted by molar-refractivity contribution is 5.87. The summed E-state index contributed by atoms with van der Waals surface area (Å²) in [6.07, 6.45) is -6.02. The first-order chi connectivity index (χ1) is 8.07. The van der Waals surface area contributed by atoms with Gasteiger partial charge in [0.1, 0.15) is 12.2 Å². The van der Waals surface area contributed by atoms with Crippen LogP contribution < -0.4 is 0 Å². The molecule has 0 saturated carbocycles. The molecule has 1 heterocycles. The van der Waals surface area contributed by atoms with E-state index in [1.807, 2.05) is 0 Å². The maximum atomic E-state index is 12.7. The van der Waals surface area contributed by atoms with Gasteiger partial charge >= 0.3 is 12.1 Å². The number of alkyl halides is 5. The van der Waals surface area contributed by atoms with Crippen LogP contribution in [0, 0.1) is 0 Å². The summed E-state index contributed by atoms with van der Waals surface area (Å²) in [6.45, 7) is 3.26. The summed E-state index contributed by atoms with van der Waals surface area (Å²) in [7, 11) is 0. The van der Waals surface area contributed by atoms with Gasteiger partial charge in [0.05, 0.1) is 6.42 Å². The van der Waals surface area contributed by atoms with E-state index in [0.29, 0.717) is 0 Å². The lowest BCUT2D eigenvalue weighted by molar-refractivity contribution is -0.268. The molecule has 1 aromatic rings. The number of carbonyl (C=O) groups excluding carboxylic acids is 1. The maximum absolute atomic E-state index is 12.7. The van der Waals surface area contributed by atoms with Crippen molar-refractivity contribution in [2.45, 2.75) is 38.4 Å². The second-order valence-corrected chi connectivity index (χ2v) is 3.89. The van der Waals surface area contributed by atoms with E-state index in [9.17, 15) is 26.7 Å². The Bertz CT molecular complexity index is 438. The zero-order chi connectivity index (χ0) is 14.1. The summed E-state index contributed by atoms with van der Waals surface area (Å²) in [5.74, 6) is -7.84. The van der Waals surface area contributed by atoms with Gasteiger partial charge in [-0.3, -0.25) is 4.79 Å². The molecule has 0 bridgehead atoms. The molecule has 0 aliphatic heterocycles. The average molecular weight is 271 g/mol. The number of aromatic nitrogens is 3. The number of nitrogens with zero attached hydrogens (tertiary/aromatic N) is 3. The van der Waals surface area contributed by atoms with Crippen LogP contribution in [0.25, 0.3) is 0 Å². The van der Waals surface area contributed by atoms with E-state index < -0.39 is 24.3 Å². The molecule has 0 N–H and O–H groups in total. The Morgan fingerprint density at radius 2 is 1.89 bits per heavy atom. The first-order valence-electron chi connectivity index (χ1n) is 4.93. The van der Waals surface area contributed by atoms with Gasteiger partial charge in [-0.25, -0.2) is 9.67 Å². The number of carbonyl (C=O) groups is 1. The first kappa shape index (κ1) is 14.5. The summed E-state index contributed by atoms with van der Waals surface area (Å²) in [5.41, 5.74) is 0. The summed E-state index contributed by atoms with van der Waals surface area (Å²) < 4.78 is 62.4. The molecule has 0 amide bonds.